The van der Waals surface area contributed by atoms with E-state index in [2.05, 4.69) is 68.5 Å². The van der Waals surface area contributed by atoms with E-state index < -0.39 is 0 Å². The zero-order valence-electron chi connectivity index (χ0n) is 16.1. The third-order valence-corrected chi connectivity index (χ3v) is 6.24. The molecule has 2 aliphatic rings. The summed E-state index contributed by atoms with van der Waals surface area (Å²) in [6, 6.07) is 13.2. The minimum absolute atomic E-state index is 0.333. The SMILES string of the molecule is CCCC1=C(CCC)C2C=CC=c3c2c(c2cccc4cccc3c42)C1=N. The van der Waals surface area contributed by atoms with Gasteiger partial charge < -0.3 is 0 Å². The predicted molar refractivity (Wildman–Crippen MR) is 117 cm³/mol. The van der Waals surface area contributed by atoms with Crippen LogP contribution in [0.25, 0.3) is 27.6 Å². The summed E-state index contributed by atoms with van der Waals surface area (Å²) in [6.45, 7) is 4.48. The van der Waals surface area contributed by atoms with Crippen molar-refractivity contribution in [2.75, 3.05) is 0 Å². The molecule has 0 saturated heterocycles. The fourth-order valence-corrected chi connectivity index (χ4v) is 5.23. The van der Waals surface area contributed by atoms with Crippen LogP contribution < -0.4 is 5.22 Å². The van der Waals surface area contributed by atoms with Gasteiger partial charge in [0.2, 0.25) is 0 Å². The van der Waals surface area contributed by atoms with E-state index in [1.54, 1.807) is 0 Å². The first-order valence-corrected chi connectivity index (χ1v) is 10.2. The lowest BCUT2D eigenvalue weighted by Crippen LogP contribution is -2.29. The topological polar surface area (TPSA) is 23.9 Å². The Bertz CT molecular complexity index is 1200. The van der Waals surface area contributed by atoms with Crippen LogP contribution in [0.4, 0.5) is 0 Å². The van der Waals surface area contributed by atoms with Gasteiger partial charge in [-0.1, -0.05) is 86.9 Å². The maximum atomic E-state index is 9.20. The van der Waals surface area contributed by atoms with Crippen molar-refractivity contribution in [2.45, 2.75) is 45.4 Å². The Kier molecular flexibility index (Phi) is 3.79. The van der Waals surface area contributed by atoms with Crippen LogP contribution in [0.5, 0.6) is 0 Å². The highest BCUT2D eigenvalue weighted by atomic mass is 14.5. The zero-order chi connectivity index (χ0) is 18.5. The number of hydrogen-bond acceptors (Lipinski definition) is 1. The van der Waals surface area contributed by atoms with Crippen LogP contribution in [0.2, 0.25) is 0 Å². The van der Waals surface area contributed by atoms with E-state index in [1.165, 1.54) is 49.0 Å². The molecule has 0 aliphatic heterocycles. The molecule has 1 heteroatoms. The molecule has 5 rings (SSSR count). The highest BCUT2D eigenvalue weighted by molar-refractivity contribution is 6.25. The summed E-state index contributed by atoms with van der Waals surface area (Å²) in [6.07, 6.45) is 11.2. The molecular weight excluding hydrogens is 326 g/mol. The van der Waals surface area contributed by atoms with Crippen LogP contribution in [-0.2, 0) is 0 Å². The Balaban J connectivity index is 1.97. The van der Waals surface area contributed by atoms with E-state index in [9.17, 15) is 5.41 Å². The molecule has 1 N–H and O–H groups in total. The van der Waals surface area contributed by atoms with E-state index >= 15 is 0 Å². The second kappa shape index (κ2) is 6.20. The molecule has 2 aliphatic carbocycles. The number of allylic oxidation sites excluding steroid dienone is 4. The lowest BCUT2D eigenvalue weighted by Gasteiger charge is -2.33. The third-order valence-electron chi connectivity index (χ3n) is 6.24. The summed E-state index contributed by atoms with van der Waals surface area (Å²) in [5.41, 5.74) is 6.11. The Morgan fingerprint density at radius 1 is 0.926 bits per heavy atom. The van der Waals surface area contributed by atoms with Crippen molar-refractivity contribution in [3.05, 3.63) is 76.0 Å². The maximum absolute atomic E-state index is 9.20. The maximum Gasteiger partial charge on any atom is 0.0653 e. The van der Waals surface area contributed by atoms with Crippen LogP contribution in [-0.4, -0.2) is 5.71 Å². The average molecular weight is 351 g/mol. The summed E-state index contributed by atoms with van der Waals surface area (Å²) in [4.78, 5) is 0. The highest BCUT2D eigenvalue weighted by Gasteiger charge is 2.32. The summed E-state index contributed by atoms with van der Waals surface area (Å²) in [7, 11) is 0. The second-order valence-electron chi connectivity index (χ2n) is 7.82. The summed E-state index contributed by atoms with van der Waals surface area (Å²) < 4.78 is 0. The molecule has 0 saturated carbocycles. The number of nitrogens with one attached hydrogen (secondary N) is 1. The zero-order valence-corrected chi connectivity index (χ0v) is 16.1. The number of fused-ring (bicyclic) bond motifs is 2. The van der Waals surface area contributed by atoms with Crippen molar-refractivity contribution >= 4 is 33.3 Å². The van der Waals surface area contributed by atoms with Gasteiger partial charge in [0.15, 0.2) is 0 Å². The van der Waals surface area contributed by atoms with E-state index in [0.717, 1.165) is 31.4 Å². The fourth-order valence-electron chi connectivity index (χ4n) is 5.23. The van der Waals surface area contributed by atoms with E-state index in [1.807, 2.05) is 0 Å². The number of benzene rings is 3. The van der Waals surface area contributed by atoms with E-state index in [-0.39, 0.29) is 0 Å². The highest BCUT2D eigenvalue weighted by Crippen LogP contribution is 2.44. The van der Waals surface area contributed by atoms with Gasteiger partial charge in [-0.25, -0.2) is 0 Å². The van der Waals surface area contributed by atoms with Gasteiger partial charge in [0.05, 0.1) is 5.71 Å². The smallest absolute Gasteiger partial charge is 0.0653 e. The molecule has 0 spiro atoms. The normalized spacial score (nSPS) is 18.3. The quantitative estimate of drug-likeness (QED) is 0.560. The molecular formula is C26H25N. The van der Waals surface area contributed by atoms with Gasteiger partial charge in [0.1, 0.15) is 0 Å². The second-order valence-corrected chi connectivity index (χ2v) is 7.82. The summed E-state index contributed by atoms with van der Waals surface area (Å²) >= 11 is 0. The summed E-state index contributed by atoms with van der Waals surface area (Å²) in [5, 5.41) is 15.7. The monoisotopic (exact) mass is 351 g/mol. The molecule has 1 unspecified atom stereocenters. The Morgan fingerprint density at radius 2 is 1.67 bits per heavy atom. The Hall–Kier alpha value is -2.67. The summed E-state index contributed by atoms with van der Waals surface area (Å²) in [5.74, 6) is 0.333. The minimum atomic E-state index is 0.333. The Labute approximate surface area is 160 Å². The number of rotatable bonds is 4. The predicted octanol–water partition coefficient (Wildman–Crippen LogP) is 6.42. The van der Waals surface area contributed by atoms with Gasteiger partial charge in [-0.2, -0.15) is 0 Å². The van der Waals surface area contributed by atoms with Crippen molar-refractivity contribution in [1.29, 1.82) is 5.41 Å². The molecule has 1 nitrogen and oxygen atoms in total. The van der Waals surface area contributed by atoms with Gasteiger partial charge >= 0.3 is 0 Å². The standard InChI is InChI=1S/C26H25N/c1-3-8-17-18-13-7-14-20-19-12-5-10-16-11-6-15-22(23(16)19)25(24(18)20)26(27)21(17)9-4-2/h5-7,10-15,18,27H,3-4,8-9H2,1-2H3. The van der Waals surface area contributed by atoms with Crippen LogP contribution in [0.15, 0.2) is 59.7 Å². The van der Waals surface area contributed by atoms with Crippen molar-refractivity contribution in [3.63, 3.8) is 0 Å². The van der Waals surface area contributed by atoms with E-state index in [0.29, 0.717) is 5.92 Å². The molecule has 0 fully saturated rings. The first-order valence-electron chi connectivity index (χ1n) is 10.2. The van der Waals surface area contributed by atoms with Crippen LogP contribution >= 0.6 is 0 Å². The van der Waals surface area contributed by atoms with Gasteiger partial charge in [-0.15, -0.1) is 0 Å². The lowest BCUT2D eigenvalue weighted by molar-refractivity contribution is 0.781. The number of hydrogen-bond donors (Lipinski definition) is 1. The average Bonchev–Trinajstić information content (AvgIpc) is 2.70. The first kappa shape index (κ1) is 16.5. The molecule has 134 valence electrons. The Morgan fingerprint density at radius 3 is 2.41 bits per heavy atom. The molecule has 0 bridgehead atoms. The van der Waals surface area contributed by atoms with Crippen LogP contribution in [0.1, 0.15) is 56.6 Å². The van der Waals surface area contributed by atoms with Crippen molar-refractivity contribution in [3.8, 4) is 0 Å². The fraction of sp³-hybridized carbons (Fsp3) is 0.269. The molecule has 1 atom stereocenters. The first-order chi connectivity index (χ1) is 13.3. The largest absolute Gasteiger partial charge is 0.300 e. The molecule has 27 heavy (non-hydrogen) atoms. The van der Waals surface area contributed by atoms with E-state index in [4.69, 9.17) is 0 Å². The van der Waals surface area contributed by atoms with Crippen LogP contribution in [0.3, 0.4) is 0 Å². The minimum Gasteiger partial charge on any atom is -0.300 e. The third kappa shape index (κ3) is 2.21. The van der Waals surface area contributed by atoms with Gasteiger partial charge in [0.25, 0.3) is 0 Å². The van der Waals surface area contributed by atoms with Gasteiger partial charge in [0, 0.05) is 11.5 Å². The van der Waals surface area contributed by atoms with Gasteiger partial charge in [-0.3, -0.25) is 5.41 Å². The van der Waals surface area contributed by atoms with Crippen molar-refractivity contribution in [1.82, 2.24) is 0 Å². The molecule has 0 heterocycles. The molecule has 0 amide bonds. The molecule has 3 aromatic rings. The molecule has 0 radical (unpaired) electrons. The molecule has 0 aromatic heterocycles. The lowest BCUT2D eigenvalue weighted by atomic mass is 9.70. The van der Waals surface area contributed by atoms with Crippen molar-refractivity contribution in [2.24, 2.45) is 0 Å². The van der Waals surface area contributed by atoms with Crippen LogP contribution in [0, 0.1) is 5.41 Å². The van der Waals surface area contributed by atoms with Crippen molar-refractivity contribution < 1.29 is 0 Å². The molecule has 3 aromatic carbocycles. The van der Waals surface area contributed by atoms with Gasteiger partial charge in [-0.05, 0) is 50.7 Å².